The van der Waals surface area contributed by atoms with Crippen LogP contribution in [0.1, 0.15) is 23.8 Å². The van der Waals surface area contributed by atoms with Crippen molar-refractivity contribution < 1.29 is 18.7 Å². The maximum atomic E-state index is 14.8. The molecule has 1 aromatic heterocycles. The van der Waals surface area contributed by atoms with Crippen molar-refractivity contribution in [2.75, 3.05) is 26.5 Å². The highest BCUT2D eigenvalue weighted by Gasteiger charge is 2.20. The minimum Gasteiger partial charge on any atom is -0.497 e. The average Bonchev–Trinajstić information content (AvgIpc) is 2.71. The molecule has 0 unspecified atom stereocenters. The Labute approximate surface area is 161 Å². The summed E-state index contributed by atoms with van der Waals surface area (Å²) in [5, 5.41) is 11.2. The van der Waals surface area contributed by atoms with E-state index in [1.165, 1.54) is 26.4 Å². The SMILES string of the molecule is CCCNC(=O)c1nnc2c(-c3cc(OC)cc(OC)c3)c(F)ccc2c1N. The lowest BCUT2D eigenvalue weighted by molar-refractivity contribution is 0.0949. The molecule has 8 heteroatoms. The van der Waals surface area contributed by atoms with Gasteiger partial charge >= 0.3 is 0 Å². The molecule has 7 nitrogen and oxygen atoms in total. The highest BCUT2D eigenvalue weighted by molar-refractivity contribution is 6.07. The van der Waals surface area contributed by atoms with Gasteiger partial charge in [-0.05, 0) is 36.2 Å². The molecule has 2 aromatic carbocycles. The first kappa shape index (κ1) is 19.3. The molecule has 3 rings (SSSR count). The molecule has 3 aromatic rings. The predicted octanol–water partition coefficient (Wildman–Crippen LogP) is 3.18. The summed E-state index contributed by atoms with van der Waals surface area (Å²) in [6.45, 7) is 2.43. The van der Waals surface area contributed by atoms with Gasteiger partial charge in [0.25, 0.3) is 5.91 Å². The summed E-state index contributed by atoms with van der Waals surface area (Å²) in [4.78, 5) is 12.3. The minimum atomic E-state index is -0.500. The van der Waals surface area contributed by atoms with Crippen molar-refractivity contribution in [1.29, 1.82) is 0 Å². The van der Waals surface area contributed by atoms with Crippen LogP contribution in [0.25, 0.3) is 22.0 Å². The number of hydrogen-bond donors (Lipinski definition) is 2. The average molecular weight is 384 g/mol. The number of hydrogen-bond acceptors (Lipinski definition) is 6. The zero-order valence-electron chi connectivity index (χ0n) is 15.9. The number of nitrogen functional groups attached to an aromatic ring is 1. The molecule has 0 aliphatic carbocycles. The normalized spacial score (nSPS) is 10.7. The number of carbonyl (C=O) groups excluding carboxylic acids is 1. The third-order valence-corrected chi connectivity index (χ3v) is 4.31. The lowest BCUT2D eigenvalue weighted by Gasteiger charge is -2.13. The molecule has 0 radical (unpaired) electrons. The summed E-state index contributed by atoms with van der Waals surface area (Å²) in [6, 6.07) is 7.80. The van der Waals surface area contributed by atoms with Gasteiger partial charge < -0.3 is 20.5 Å². The number of halogens is 1. The van der Waals surface area contributed by atoms with Crippen molar-refractivity contribution in [2.24, 2.45) is 0 Å². The Bertz CT molecular complexity index is 1020. The van der Waals surface area contributed by atoms with Crippen LogP contribution < -0.4 is 20.5 Å². The zero-order valence-corrected chi connectivity index (χ0v) is 15.9. The molecule has 0 aliphatic heterocycles. The van der Waals surface area contributed by atoms with Gasteiger partial charge in [-0.15, -0.1) is 10.2 Å². The number of benzene rings is 2. The molecule has 0 bridgehead atoms. The van der Waals surface area contributed by atoms with Crippen LogP contribution in [0.2, 0.25) is 0 Å². The summed E-state index contributed by atoms with van der Waals surface area (Å²) in [7, 11) is 3.02. The Hall–Kier alpha value is -3.42. The van der Waals surface area contributed by atoms with Crippen LogP contribution in [-0.2, 0) is 0 Å². The second-order valence-electron chi connectivity index (χ2n) is 6.14. The van der Waals surface area contributed by atoms with Crippen LogP contribution in [-0.4, -0.2) is 36.9 Å². The molecular formula is C20H21FN4O3. The molecule has 28 heavy (non-hydrogen) atoms. The third-order valence-electron chi connectivity index (χ3n) is 4.31. The van der Waals surface area contributed by atoms with Crippen LogP contribution in [0.3, 0.4) is 0 Å². The van der Waals surface area contributed by atoms with Gasteiger partial charge in [0.2, 0.25) is 0 Å². The van der Waals surface area contributed by atoms with E-state index in [-0.39, 0.29) is 22.5 Å². The number of anilines is 1. The molecule has 0 atom stereocenters. The van der Waals surface area contributed by atoms with E-state index in [0.717, 1.165) is 6.42 Å². The third kappa shape index (κ3) is 3.53. The topological polar surface area (TPSA) is 99.4 Å². The first-order chi connectivity index (χ1) is 13.5. The van der Waals surface area contributed by atoms with E-state index in [9.17, 15) is 9.18 Å². The Morgan fingerprint density at radius 1 is 1.14 bits per heavy atom. The summed E-state index contributed by atoms with van der Waals surface area (Å²) in [5.74, 6) is 0.0897. The molecular weight excluding hydrogens is 363 g/mol. The fraction of sp³-hybridized carbons (Fsp3) is 0.250. The van der Waals surface area contributed by atoms with E-state index in [4.69, 9.17) is 15.2 Å². The fourth-order valence-electron chi connectivity index (χ4n) is 2.89. The number of nitrogens with one attached hydrogen (secondary N) is 1. The largest absolute Gasteiger partial charge is 0.497 e. The van der Waals surface area contributed by atoms with E-state index in [2.05, 4.69) is 15.5 Å². The van der Waals surface area contributed by atoms with E-state index >= 15 is 0 Å². The van der Waals surface area contributed by atoms with E-state index in [1.807, 2.05) is 6.92 Å². The second-order valence-corrected chi connectivity index (χ2v) is 6.14. The van der Waals surface area contributed by atoms with Crippen LogP contribution in [0.15, 0.2) is 30.3 Å². The standard InChI is InChI=1S/C20H21FN4O3/c1-4-7-23-20(26)19-17(22)14-5-6-15(21)16(18(14)24-25-19)11-8-12(27-2)10-13(9-11)28-3/h5-6,8-10H,4,7H2,1-3H3,(H2,22,24)(H,23,26). The van der Waals surface area contributed by atoms with Crippen molar-refractivity contribution in [1.82, 2.24) is 15.5 Å². The number of rotatable bonds is 6. The van der Waals surface area contributed by atoms with Crippen LogP contribution in [0.5, 0.6) is 11.5 Å². The van der Waals surface area contributed by atoms with Gasteiger partial charge in [-0.3, -0.25) is 4.79 Å². The first-order valence-corrected chi connectivity index (χ1v) is 8.76. The van der Waals surface area contributed by atoms with Gasteiger partial charge in [0.1, 0.15) is 22.8 Å². The van der Waals surface area contributed by atoms with Gasteiger partial charge in [0.05, 0.1) is 19.9 Å². The zero-order chi connectivity index (χ0) is 20.3. The number of ether oxygens (including phenoxy) is 2. The molecule has 0 aliphatic rings. The number of amides is 1. The molecule has 1 heterocycles. The van der Waals surface area contributed by atoms with Gasteiger partial charge in [-0.1, -0.05) is 6.92 Å². The van der Waals surface area contributed by atoms with Crippen molar-refractivity contribution in [2.45, 2.75) is 13.3 Å². The number of fused-ring (bicyclic) bond motifs is 1. The summed E-state index contributed by atoms with van der Waals surface area (Å²) in [5.41, 5.74) is 7.28. The molecule has 0 spiro atoms. The Morgan fingerprint density at radius 3 is 2.43 bits per heavy atom. The Kier molecular flexibility index (Phi) is 5.58. The number of methoxy groups -OCH3 is 2. The molecule has 0 saturated carbocycles. The number of aromatic nitrogens is 2. The van der Waals surface area contributed by atoms with Gasteiger partial charge in [-0.25, -0.2) is 4.39 Å². The monoisotopic (exact) mass is 384 g/mol. The predicted molar refractivity (Wildman–Crippen MR) is 105 cm³/mol. The number of nitrogens with zero attached hydrogens (tertiary/aromatic N) is 2. The van der Waals surface area contributed by atoms with E-state index in [1.54, 1.807) is 18.2 Å². The number of carbonyl (C=O) groups is 1. The van der Waals surface area contributed by atoms with Crippen LogP contribution in [0, 0.1) is 5.82 Å². The van der Waals surface area contributed by atoms with E-state index in [0.29, 0.717) is 29.0 Å². The van der Waals surface area contributed by atoms with Crippen LogP contribution in [0.4, 0.5) is 10.1 Å². The van der Waals surface area contributed by atoms with Gasteiger partial charge in [0.15, 0.2) is 5.69 Å². The minimum absolute atomic E-state index is 0.0155. The molecule has 146 valence electrons. The molecule has 3 N–H and O–H groups in total. The van der Waals surface area contributed by atoms with Crippen molar-refractivity contribution in [3.05, 3.63) is 41.8 Å². The maximum Gasteiger partial charge on any atom is 0.273 e. The van der Waals surface area contributed by atoms with Crippen LogP contribution >= 0.6 is 0 Å². The molecule has 1 amide bonds. The smallest absolute Gasteiger partial charge is 0.273 e. The maximum absolute atomic E-state index is 14.8. The van der Waals surface area contributed by atoms with Gasteiger partial charge in [-0.2, -0.15) is 0 Å². The number of nitrogens with two attached hydrogens (primary N) is 1. The van der Waals surface area contributed by atoms with E-state index < -0.39 is 11.7 Å². The Balaban J connectivity index is 2.21. The van der Waals surface area contributed by atoms with Crippen molar-refractivity contribution in [3.63, 3.8) is 0 Å². The molecule has 0 saturated heterocycles. The fourth-order valence-corrected chi connectivity index (χ4v) is 2.89. The lowest BCUT2D eigenvalue weighted by atomic mass is 10.00. The summed E-state index contributed by atoms with van der Waals surface area (Å²) in [6.07, 6.45) is 0.777. The summed E-state index contributed by atoms with van der Waals surface area (Å²) >= 11 is 0. The van der Waals surface area contributed by atoms with Crippen molar-refractivity contribution in [3.8, 4) is 22.6 Å². The highest BCUT2D eigenvalue weighted by atomic mass is 19.1. The molecule has 0 fully saturated rings. The van der Waals surface area contributed by atoms with Gasteiger partial charge in [0, 0.05) is 23.6 Å². The second kappa shape index (κ2) is 8.08. The summed E-state index contributed by atoms with van der Waals surface area (Å²) < 4.78 is 25.3. The highest BCUT2D eigenvalue weighted by Crippen LogP contribution is 2.36. The Morgan fingerprint density at radius 2 is 1.82 bits per heavy atom. The quantitative estimate of drug-likeness (QED) is 0.677. The van der Waals surface area contributed by atoms with Crippen molar-refractivity contribution >= 4 is 22.5 Å². The first-order valence-electron chi connectivity index (χ1n) is 8.76. The lowest BCUT2D eigenvalue weighted by Crippen LogP contribution is -2.26.